The summed E-state index contributed by atoms with van der Waals surface area (Å²) in [5, 5.41) is 0. The van der Waals surface area contributed by atoms with Crippen molar-refractivity contribution in [2.45, 2.75) is 32.7 Å². The zero-order valence-electron chi connectivity index (χ0n) is 12.0. The Labute approximate surface area is 119 Å². The summed E-state index contributed by atoms with van der Waals surface area (Å²) in [6.45, 7) is 3.89. The summed E-state index contributed by atoms with van der Waals surface area (Å²) in [6, 6.07) is 13.6. The first kappa shape index (κ1) is 14.7. The minimum Gasteiger partial charge on any atom is -0.271 e. The maximum absolute atomic E-state index is 13.6. The predicted octanol–water partition coefficient (Wildman–Crippen LogP) is 3.44. The molecule has 0 heterocycles. The van der Waals surface area contributed by atoms with Gasteiger partial charge in [-0.05, 0) is 48.1 Å². The standard InChI is InChI=1S/C17H21FN2/c1-3-13-5-7-14(8-6-13)10-17(20-19)15-9-4-12(2)16(18)11-15/h4-9,11,17,20H,3,10,19H2,1-2H3. The zero-order valence-corrected chi connectivity index (χ0v) is 12.0. The van der Waals surface area contributed by atoms with E-state index in [0.29, 0.717) is 5.56 Å². The number of nitrogens with two attached hydrogens (primary N) is 1. The van der Waals surface area contributed by atoms with Crippen molar-refractivity contribution in [2.75, 3.05) is 0 Å². The van der Waals surface area contributed by atoms with E-state index in [1.165, 1.54) is 11.1 Å². The fourth-order valence-electron chi connectivity index (χ4n) is 2.25. The van der Waals surface area contributed by atoms with E-state index in [9.17, 15) is 4.39 Å². The zero-order chi connectivity index (χ0) is 14.5. The largest absolute Gasteiger partial charge is 0.271 e. The molecule has 2 rings (SSSR count). The van der Waals surface area contributed by atoms with Crippen molar-refractivity contribution in [3.05, 3.63) is 70.5 Å². The highest BCUT2D eigenvalue weighted by Gasteiger charge is 2.12. The van der Waals surface area contributed by atoms with E-state index in [1.807, 2.05) is 6.07 Å². The molecule has 3 N–H and O–H groups in total. The normalized spacial score (nSPS) is 12.4. The molecule has 0 amide bonds. The SMILES string of the molecule is CCc1ccc(CC(NN)c2ccc(C)c(F)c2)cc1. The van der Waals surface area contributed by atoms with E-state index in [4.69, 9.17) is 5.84 Å². The molecule has 0 aliphatic carbocycles. The number of benzene rings is 2. The lowest BCUT2D eigenvalue weighted by atomic mass is 9.97. The van der Waals surface area contributed by atoms with Crippen molar-refractivity contribution < 1.29 is 4.39 Å². The number of hydrogen-bond acceptors (Lipinski definition) is 2. The highest BCUT2D eigenvalue weighted by molar-refractivity contribution is 5.29. The number of nitrogens with one attached hydrogen (secondary N) is 1. The van der Waals surface area contributed by atoms with Gasteiger partial charge in [-0.1, -0.05) is 43.3 Å². The number of hydrazine groups is 1. The molecule has 106 valence electrons. The summed E-state index contributed by atoms with van der Waals surface area (Å²) in [5.74, 6) is 5.43. The Hall–Kier alpha value is -1.71. The van der Waals surface area contributed by atoms with E-state index in [-0.39, 0.29) is 11.9 Å². The van der Waals surface area contributed by atoms with E-state index in [1.54, 1.807) is 19.1 Å². The van der Waals surface area contributed by atoms with E-state index in [0.717, 1.165) is 18.4 Å². The average Bonchev–Trinajstić information content (AvgIpc) is 2.48. The van der Waals surface area contributed by atoms with Crippen LogP contribution in [-0.4, -0.2) is 0 Å². The monoisotopic (exact) mass is 272 g/mol. The Kier molecular flexibility index (Phi) is 4.88. The molecular formula is C17H21FN2. The lowest BCUT2D eigenvalue weighted by molar-refractivity contribution is 0.543. The minimum absolute atomic E-state index is 0.0856. The molecule has 0 saturated heterocycles. The van der Waals surface area contributed by atoms with Gasteiger partial charge in [0.2, 0.25) is 0 Å². The third kappa shape index (κ3) is 3.44. The lowest BCUT2D eigenvalue weighted by Gasteiger charge is -2.17. The third-order valence-electron chi connectivity index (χ3n) is 3.67. The molecule has 2 nitrogen and oxygen atoms in total. The topological polar surface area (TPSA) is 38.0 Å². The van der Waals surface area contributed by atoms with Crippen LogP contribution in [0.15, 0.2) is 42.5 Å². The van der Waals surface area contributed by atoms with Crippen molar-refractivity contribution in [3.63, 3.8) is 0 Å². The molecule has 0 spiro atoms. The summed E-state index contributed by atoms with van der Waals surface area (Å²) in [7, 11) is 0. The fraction of sp³-hybridized carbons (Fsp3) is 0.294. The first-order valence-corrected chi connectivity index (χ1v) is 6.94. The van der Waals surface area contributed by atoms with Crippen molar-refractivity contribution >= 4 is 0 Å². The maximum Gasteiger partial charge on any atom is 0.126 e. The molecule has 0 saturated carbocycles. The highest BCUT2D eigenvalue weighted by atomic mass is 19.1. The van der Waals surface area contributed by atoms with Crippen molar-refractivity contribution in [2.24, 2.45) is 5.84 Å². The van der Waals surface area contributed by atoms with Crippen LogP contribution in [0.1, 0.15) is 35.2 Å². The Morgan fingerprint density at radius 3 is 2.30 bits per heavy atom. The smallest absolute Gasteiger partial charge is 0.126 e. The van der Waals surface area contributed by atoms with Crippen LogP contribution < -0.4 is 11.3 Å². The van der Waals surface area contributed by atoms with Crippen LogP contribution >= 0.6 is 0 Å². The summed E-state index contributed by atoms with van der Waals surface area (Å²) in [6.07, 6.45) is 1.77. The van der Waals surface area contributed by atoms with Gasteiger partial charge in [0.25, 0.3) is 0 Å². The van der Waals surface area contributed by atoms with E-state index in [2.05, 4.69) is 36.6 Å². The van der Waals surface area contributed by atoms with Gasteiger partial charge in [-0.15, -0.1) is 0 Å². The van der Waals surface area contributed by atoms with Crippen LogP contribution in [0.2, 0.25) is 0 Å². The second-order valence-corrected chi connectivity index (χ2v) is 5.10. The first-order valence-electron chi connectivity index (χ1n) is 6.94. The van der Waals surface area contributed by atoms with Gasteiger partial charge in [-0.3, -0.25) is 11.3 Å². The minimum atomic E-state index is -0.191. The molecule has 3 heteroatoms. The number of halogens is 1. The van der Waals surface area contributed by atoms with Gasteiger partial charge in [-0.2, -0.15) is 0 Å². The van der Waals surface area contributed by atoms with Crippen LogP contribution in [0, 0.1) is 12.7 Å². The number of aryl methyl sites for hydroxylation is 2. The molecule has 0 radical (unpaired) electrons. The highest BCUT2D eigenvalue weighted by Crippen LogP contribution is 2.20. The second-order valence-electron chi connectivity index (χ2n) is 5.10. The van der Waals surface area contributed by atoms with Gasteiger partial charge in [0.1, 0.15) is 5.82 Å². The van der Waals surface area contributed by atoms with Crippen LogP contribution in [0.5, 0.6) is 0 Å². The molecule has 1 unspecified atom stereocenters. The maximum atomic E-state index is 13.6. The molecule has 20 heavy (non-hydrogen) atoms. The molecule has 1 atom stereocenters. The predicted molar refractivity (Wildman–Crippen MR) is 80.7 cm³/mol. The molecule has 0 aliphatic heterocycles. The summed E-state index contributed by atoms with van der Waals surface area (Å²) < 4.78 is 13.6. The quantitative estimate of drug-likeness (QED) is 0.646. The summed E-state index contributed by atoms with van der Waals surface area (Å²) in [4.78, 5) is 0. The second kappa shape index (κ2) is 6.64. The van der Waals surface area contributed by atoms with Crippen LogP contribution in [-0.2, 0) is 12.8 Å². The van der Waals surface area contributed by atoms with Crippen LogP contribution in [0.3, 0.4) is 0 Å². The molecule has 0 fully saturated rings. The van der Waals surface area contributed by atoms with E-state index >= 15 is 0 Å². The molecule has 0 bridgehead atoms. The van der Waals surface area contributed by atoms with Crippen LogP contribution in [0.25, 0.3) is 0 Å². The summed E-state index contributed by atoms with van der Waals surface area (Å²) >= 11 is 0. The number of hydrogen-bond donors (Lipinski definition) is 2. The molecule has 0 aromatic heterocycles. The van der Waals surface area contributed by atoms with Gasteiger partial charge in [0, 0.05) is 0 Å². The molecular weight excluding hydrogens is 251 g/mol. The number of rotatable bonds is 5. The van der Waals surface area contributed by atoms with Gasteiger partial charge in [0.15, 0.2) is 0 Å². The van der Waals surface area contributed by atoms with Gasteiger partial charge < -0.3 is 0 Å². The van der Waals surface area contributed by atoms with E-state index < -0.39 is 0 Å². The Balaban J connectivity index is 2.16. The van der Waals surface area contributed by atoms with Gasteiger partial charge >= 0.3 is 0 Å². The average molecular weight is 272 g/mol. The van der Waals surface area contributed by atoms with Gasteiger partial charge in [0.05, 0.1) is 6.04 Å². The first-order chi connectivity index (χ1) is 9.63. The molecule has 0 aliphatic rings. The Morgan fingerprint density at radius 1 is 1.10 bits per heavy atom. The van der Waals surface area contributed by atoms with Crippen molar-refractivity contribution in [1.82, 2.24) is 5.43 Å². The Bertz CT molecular complexity index is 564. The van der Waals surface area contributed by atoms with Crippen molar-refractivity contribution in [3.8, 4) is 0 Å². The van der Waals surface area contributed by atoms with Gasteiger partial charge in [-0.25, -0.2) is 4.39 Å². The van der Waals surface area contributed by atoms with Crippen LogP contribution in [0.4, 0.5) is 4.39 Å². The van der Waals surface area contributed by atoms with Crippen molar-refractivity contribution in [1.29, 1.82) is 0 Å². The molecule has 2 aromatic carbocycles. The summed E-state index contributed by atoms with van der Waals surface area (Å²) in [5.41, 5.74) is 6.79. The Morgan fingerprint density at radius 2 is 1.75 bits per heavy atom. The fourth-order valence-corrected chi connectivity index (χ4v) is 2.25. The molecule has 2 aromatic rings. The third-order valence-corrected chi connectivity index (χ3v) is 3.67. The lowest BCUT2D eigenvalue weighted by Crippen LogP contribution is -2.29.